The van der Waals surface area contributed by atoms with Crippen LogP contribution >= 0.6 is 0 Å². The van der Waals surface area contributed by atoms with Crippen molar-refractivity contribution in [3.63, 3.8) is 0 Å². The highest BCUT2D eigenvalue weighted by Gasteiger charge is 2.56. The van der Waals surface area contributed by atoms with Crippen molar-refractivity contribution in [1.29, 1.82) is 0 Å². The molecule has 2 saturated heterocycles. The molecule has 0 unspecified atom stereocenters. The van der Waals surface area contributed by atoms with Crippen LogP contribution in [-0.2, 0) is 25.0 Å². The summed E-state index contributed by atoms with van der Waals surface area (Å²) >= 11 is 0. The van der Waals surface area contributed by atoms with Crippen LogP contribution < -0.4 is 10.6 Å². The molecular formula is C49H54F2N8O6. The summed E-state index contributed by atoms with van der Waals surface area (Å²) in [5.74, 6) is -2.53. The molecule has 2 saturated carbocycles. The average Bonchev–Trinajstić information content (AvgIpc) is 3.95. The number of hydrogen-bond donors (Lipinski definition) is 4. The molecule has 16 heteroatoms. The smallest absolute Gasteiger partial charge is 0.407 e. The Hall–Kier alpha value is -6.32. The maximum atomic E-state index is 16.7. The lowest BCUT2D eigenvalue weighted by Gasteiger charge is -2.37. The van der Waals surface area contributed by atoms with E-state index in [2.05, 4.69) is 20.6 Å². The largest absolute Gasteiger partial charge is 0.453 e. The predicted octanol–water partition coefficient (Wildman–Crippen LogP) is 8.61. The number of nitrogens with zero attached hydrogens (tertiary/aromatic N) is 4. The molecule has 14 nitrogen and oxygen atoms in total. The number of rotatable bonds is 10. The van der Waals surface area contributed by atoms with E-state index in [1.165, 1.54) is 20.3 Å². The molecule has 0 radical (unpaired) electrons. The summed E-state index contributed by atoms with van der Waals surface area (Å²) < 4.78 is 43.0. The maximum Gasteiger partial charge on any atom is 0.407 e. The van der Waals surface area contributed by atoms with E-state index in [1.54, 1.807) is 29.3 Å². The normalized spacial score (nSPS) is 22.9. The topological polar surface area (TPSA) is 175 Å². The second-order valence-corrected chi connectivity index (χ2v) is 19.4. The second-order valence-electron chi connectivity index (χ2n) is 19.4. The molecule has 1 spiro atoms. The van der Waals surface area contributed by atoms with Gasteiger partial charge in [-0.25, -0.2) is 19.6 Å². The van der Waals surface area contributed by atoms with Crippen molar-refractivity contribution in [2.75, 3.05) is 20.8 Å². The predicted molar refractivity (Wildman–Crippen MR) is 237 cm³/mol. The highest BCUT2D eigenvalue weighted by atomic mass is 19.3. The van der Waals surface area contributed by atoms with Crippen LogP contribution in [0.25, 0.3) is 44.5 Å². The summed E-state index contributed by atoms with van der Waals surface area (Å²) in [6.45, 7) is 8.09. The Morgan fingerprint density at radius 2 is 1.40 bits per heavy atom. The first-order valence-electron chi connectivity index (χ1n) is 22.6. The number of alkyl halides is 2. The van der Waals surface area contributed by atoms with Gasteiger partial charge in [0, 0.05) is 29.3 Å². The third-order valence-corrected chi connectivity index (χ3v) is 14.7. The number of aromatic amines is 2. The summed E-state index contributed by atoms with van der Waals surface area (Å²) in [7, 11) is 2.54. The molecule has 5 aromatic rings. The molecule has 4 N–H and O–H groups in total. The molecule has 5 aliphatic rings. The molecule has 340 valence electrons. The van der Waals surface area contributed by atoms with Gasteiger partial charge >= 0.3 is 12.2 Å². The number of fused-ring (bicyclic) bond motifs is 6. The summed E-state index contributed by atoms with van der Waals surface area (Å²) in [6.07, 6.45) is 5.75. The van der Waals surface area contributed by atoms with Gasteiger partial charge in [-0.05, 0) is 108 Å². The number of hydrogen-bond acceptors (Lipinski definition) is 8. The monoisotopic (exact) mass is 888 g/mol. The van der Waals surface area contributed by atoms with Gasteiger partial charge < -0.3 is 39.9 Å². The first-order chi connectivity index (χ1) is 31.1. The lowest BCUT2D eigenvalue weighted by atomic mass is 9.95. The Bertz CT molecular complexity index is 2740. The highest BCUT2D eigenvalue weighted by molar-refractivity contribution is 5.89. The quantitative estimate of drug-likeness (QED) is 0.108. The lowest BCUT2D eigenvalue weighted by Crippen LogP contribution is -2.54. The molecule has 4 amide bonds. The van der Waals surface area contributed by atoms with E-state index in [-0.39, 0.29) is 64.2 Å². The molecule has 2 aliphatic heterocycles. The third kappa shape index (κ3) is 7.19. The van der Waals surface area contributed by atoms with Crippen LogP contribution in [0.4, 0.5) is 18.4 Å². The number of carbonyl (C=O) groups excluding carboxylic acids is 4. The van der Waals surface area contributed by atoms with E-state index in [0.29, 0.717) is 51.7 Å². The minimum absolute atomic E-state index is 0.0102. The number of benzene rings is 3. The molecule has 3 aromatic carbocycles. The standard InChI is InChI=1S/C49H54F2N8O6/c1-24(2)39(56-46(62)64-5)44(60)58-23-48(15-16-48)21-38(58)42-52-22-37(55-42)28-9-13-32-31-12-8-26(18-33(31)49(50,51)34(32)19-28)27-10-14-35-36(20-27)54-43(53-35)41-29-7-11-30(17-29)59(41)45(61)40(25(3)4)57-47(63)65-6/h8-10,12-14,18-20,22,24-25,29-30,38-41H,7,11,15-17,21,23H2,1-6H3,(H,52,55)(H,53,54)(H,56,62)(H,57,63)/t29-,30-,38+,39-,40+,41+/m0/s1. The van der Waals surface area contributed by atoms with E-state index in [0.717, 1.165) is 49.6 Å². The number of amides is 4. The Morgan fingerprint density at radius 3 is 2.05 bits per heavy atom. The van der Waals surface area contributed by atoms with Crippen LogP contribution in [-0.4, -0.2) is 92.6 Å². The fourth-order valence-electron chi connectivity index (χ4n) is 11.0. The summed E-state index contributed by atoms with van der Waals surface area (Å²) in [5.41, 5.74) is 4.68. The number of carbonyl (C=O) groups is 4. The fraction of sp³-hybridized carbons (Fsp3) is 0.469. The van der Waals surface area contributed by atoms with Crippen LogP contribution in [0.1, 0.15) is 101 Å². The van der Waals surface area contributed by atoms with Crippen LogP contribution in [0.5, 0.6) is 0 Å². The Balaban J connectivity index is 0.896. The summed E-state index contributed by atoms with van der Waals surface area (Å²) in [5, 5.41) is 5.43. The molecule has 2 bridgehead atoms. The zero-order chi connectivity index (χ0) is 45.7. The summed E-state index contributed by atoms with van der Waals surface area (Å²) in [6, 6.07) is 13.8. The molecule has 4 fully saturated rings. The van der Waals surface area contributed by atoms with Gasteiger partial charge in [0.2, 0.25) is 11.8 Å². The first-order valence-corrected chi connectivity index (χ1v) is 22.6. The Kier molecular flexibility index (Phi) is 10.3. The molecule has 3 aliphatic carbocycles. The zero-order valence-electron chi connectivity index (χ0n) is 37.3. The maximum absolute atomic E-state index is 16.7. The fourth-order valence-corrected chi connectivity index (χ4v) is 11.0. The van der Waals surface area contributed by atoms with Gasteiger partial charge in [0.15, 0.2) is 0 Å². The van der Waals surface area contributed by atoms with Crippen molar-refractivity contribution >= 4 is 35.0 Å². The van der Waals surface area contributed by atoms with E-state index in [9.17, 15) is 19.2 Å². The van der Waals surface area contributed by atoms with Crippen LogP contribution in [0, 0.1) is 23.2 Å². The number of halogens is 2. The Morgan fingerprint density at radius 1 is 0.785 bits per heavy atom. The average molecular weight is 889 g/mol. The van der Waals surface area contributed by atoms with Crippen molar-refractivity contribution in [1.82, 2.24) is 40.4 Å². The molecular weight excluding hydrogens is 835 g/mol. The minimum atomic E-state index is -3.29. The molecule has 6 atom stereocenters. The van der Waals surface area contributed by atoms with Gasteiger partial charge in [-0.1, -0.05) is 58.0 Å². The van der Waals surface area contributed by atoms with Crippen molar-refractivity contribution in [3.05, 3.63) is 83.6 Å². The number of methoxy groups -OCH3 is 2. The number of imidazole rings is 2. The van der Waals surface area contributed by atoms with Crippen molar-refractivity contribution in [2.24, 2.45) is 23.2 Å². The van der Waals surface area contributed by atoms with Gasteiger partial charge in [-0.2, -0.15) is 8.78 Å². The lowest BCUT2D eigenvalue weighted by molar-refractivity contribution is -0.139. The molecule has 4 heterocycles. The van der Waals surface area contributed by atoms with E-state index >= 15 is 8.78 Å². The molecule has 2 aromatic heterocycles. The highest BCUT2D eigenvalue weighted by Crippen LogP contribution is 2.59. The van der Waals surface area contributed by atoms with Gasteiger partial charge in [0.05, 0.1) is 49.2 Å². The van der Waals surface area contributed by atoms with Gasteiger partial charge in [0.25, 0.3) is 5.92 Å². The molecule has 65 heavy (non-hydrogen) atoms. The second kappa shape index (κ2) is 15.7. The number of H-pyrrole nitrogens is 2. The van der Waals surface area contributed by atoms with Crippen molar-refractivity contribution < 1.29 is 37.4 Å². The van der Waals surface area contributed by atoms with Crippen LogP contribution in [0.3, 0.4) is 0 Å². The summed E-state index contributed by atoms with van der Waals surface area (Å²) in [4.78, 5) is 72.6. The van der Waals surface area contributed by atoms with Gasteiger partial charge in [-0.15, -0.1) is 0 Å². The minimum Gasteiger partial charge on any atom is -0.453 e. The SMILES string of the molecule is COC(=O)N[C@H](C(=O)N1CC2(CC2)C[C@@H]1c1ncc(-c2ccc3c(c2)C(F)(F)c2cc(-c4ccc5nc([C@H]6[C@H]7CC[C@@H](C7)N6C(=O)[C@H](NC(=O)OC)C(C)C)[nH]c5c4)ccc2-3)[nH]1)C(C)C. The number of aromatic nitrogens is 4. The number of piperidine rings is 1. The number of nitrogens with one attached hydrogen (secondary N) is 4. The van der Waals surface area contributed by atoms with E-state index in [1.807, 2.05) is 62.9 Å². The Labute approximate surface area is 375 Å². The number of alkyl carbamates (subject to hydrolysis) is 2. The van der Waals surface area contributed by atoms with Crippen LogP contribution in [0.15, 0.2) is 60.8 Å². The third-order valence-electron chi connectivity index (χ3n) is 14.7. The number of likely N-dealkylation sites (tertiary alicyclic amines) is 2. The van der Waals surface area contributed by atoms with Crippen molar-refractivity contribution in [3.8, 4) is 33.5 Å². The first kappa shape index (κ1) is 42.6. The van der Waals surface area contributed by atoms with E-state index in [4.69, 9.17) is 19.4 Å². The molecule has 10 rings (SSSR count). The van der Waals surface area contributed by atoms with Gasteiger partial charge in [0.1, 0.15) is 23.7 Å². The van der Waals surface area contributed by atoms with Crippen molar-refractivity contribution in [2.45, 2.75) is 102 Å². The van der Waals surface area contributed by atoms with Crippen LogP contribution in [0.2, 0.25) is 0 Å². The number of ether oxygens (including phenoxy) is 2. The zero-order valence-corrected chi connectivity index (χ0v) is 37.3. The van der Waals surface area contributed by atoms with Gasteiger partial charge in [-0.3, -0.25) is 9.59 Å². The van der Waals surface area contributed by atoms with E-state index < -0.39 is 30.2 Å².